The van der Waals surface area contributed by atoms with Gasteiger partial charge in [-0.1, -0.05) is 31.0 Å². The molecule has 0 aliphatic rings. The van der Waals surface area contributed by atoms with Gasteiger partial charge in [0.15, 0.2) is 0 Å². The van der Waals surface area contributed by atoms with Crippen LogP contribution >= 0.6 is 0 Å². The Labute approximate surface area is 127 Å². The number of aryl methyl sites for hydroxylation is 2. The van der Waals surface area contributed by atoms with Gasteiger partial charge in [-0.2, -0.15) is 5.26 Å². The third-order valence-corrected chi connectivity index (χ3v) is 3.21. The molecular formula is C17H23N3O. The highest BCUT2D eigenvalue weighted by Crippen LogP contribution is 2.16. The van der Waals surface area contributed by atoms with E-state index >= 15 is 0 Å². The number of benzene rings is 1. The first-order chi connectivity index (χ1) is 9.97. The van der Waals surface area contributed by atoms with Crippen molar-refractivity contribution in [3.05, 3.63) is 41.1 Å². The Hall–Kier alpha value is -2.28. The lowest BCUT2D eigenvalue weighted by atomic mass is 10.1. The third-order valence-electron chi connectivity index (χ3n) is 3.21. The van der Waals surface area contributed by atoms with E-state index in [4.69, 9.17) is 5.26 Å². The number of nitrogens with one attached hydrogen (secondary N) is 1. The van der Waals surface area contributed by atoms with Gasteiger partial charge in [0.25, 0.3) is 5.91 Å². The first-order valence-corrected chi connectivity index (χ1v) is 7.18. The Morgan fingerprint density at radius 2 is 2.14 bits per heavy atom. The lowest BCUT2D eigenvalue weighted by molar-refractivity contribution is -0.112. The van der Waals surface area contributed by atoms with Crippen molar-refractivity contribution in [2.24, 2.45) is 0 Å². The predicted molar refractivity (Wildman–Crippen MR) is 85.8 cm³/mol. The molecule has 0 aliphatic heterocycles. The normalized spacial score (nSPS) is 10.9. The molecule has 0 saturated heterocycles. The average Bonchev–Trinajstić information content (AvgIpc) is 2.45. The van der Waals surface area contributed by atoms with Gasteiger partial charge in [-0.3, -0.25) is 4.79 Å². The number of carbonyl (C=O) groups is 1. The van der Waals surface area contributed by atoms with E-state index in [1.165, 1.54) is 0 Å². The summed E-state index contributed by atoms with van der Waals surface area (Å²) in [6.45, 7) is 6.88. The van der Waals surface area contributed by atoms with Crippen molar-refractivity contribution in [2.75, 3.05) is 18.9 Å². The molecule has 1 rings (SSSR count). The van der Waals surface area contributed by atoms with E-state index in [9.17, 15) is 4.79 Å². The second-order valence-electron chi connectivity index (χ2n) is 5.26. The first-order valence-electron chi connectivity index (χ1n) is 7.18. The quantitative estimate of drug-likeness (QED) is 0.644. The maximum atomic E-state index is 12.2. The molecule has 4 heteroatoms. The molecule has 0 radical (unpaired) electrons. The van der Waals surface area contributed by atoms with E-state index in [-0.39, 0.29) is 11.5 Å². The number of nitriles is 1. The number of anilines is 1. The zero-order valence-corrected chi connectivity index (χ0v) is 13.2. The molecule has 0 fully saturated rings. The molecule has 1 aromatic carbocycles. The van der Waals surface area contributed by atoms with Gasteiger partial charge in [-0.15, -0.1) is 0 Å². The molecule has 1 aromatic rings. The Morgan fingerprint density at radius 1 is 1.43 bits per heavy atom. The molecular weight excluding hydrogens is 262 g/mol. The minimum absolute atomic E-state index is 0.119. The Morgan fingerprint density at radius 3 is 2.71 bits per heavy atom. The van der Waals surface area contributed by atoms with Crippen LogP contribution < -0.4 is 5.32 Å². The topological polar surface area (TPSA) is 56.1 Å². The van der Waals surface area contributed by atoms with E-state index in [1.54, 1.807) is 6.20 Å². The second kappa shape index (κ2) is 8.11. The van der Waals surface area contributed by atoms with Gasteiger partial charge in [0.2, 0.25) is 0 Å². The van der Waals surface area contributed by atoms with Gasteiger partial charge >= 0.3 is 0 Å². The maximum absolute atomic E-state index is 12.2. The van der Waals surface area contributed by atoms with Gasteiger partial charge in [-0.05, 0) is 31.9 Å². The Balaban J connectivity index is 2.80. The molecule has 0 saturated carbocycles. The van der Waals surface area contributed by atoms with E-state index < -0.39 is 0 Å². The van der Waals surface area contributed by atoms with Crippen molar-refractivity contribution in [3.8, 4) is 6.07 Å². The summed E-state index contributed by atoms with van der Waals surface area (Å²) in [6.07, 6.45) is 3.72. The van der Waals surface area contributed by atoms with Crippen molar-refractivity contribution in [3.63, 3.8) is 0 Å². The number of carbonyl (C=O) groups excluding carboxylic acids is 1. The van der Waals surface area contributed by atoms with E-state index in [1.807, 2.05) is 50.1 Å². The molecule has 0 spiro atoms. The molecule has 0 heterocycles. The smallest absolute Gasteiger partial charge is 0.267 e. The van der Waals surface area contributed by atoms with E-state index in [0.717, 1.165) is 36.2 Å². The molecule has 21 heavy (non-hydrogen) atoms. The minimum atomic E-state index is -0.368. The van der Waals surface area contributed by atoms with Crippen LogP contribution in [0.4, 0.5) is 5.69 Å². The van der Waals surface area contributed by atoms with Crippen LogP contribution in [0, 0.1) is 25.2 Å². The summed E-state index contributed by atoms with van der Waals surface area (Å²) in [5.74, 6) is -0.368. The molecule has 0 atom stereocenters. The van der Waals surface area contributed by atoms with Gasteiger partial charge in [-0.25, -0.2) is 0 Å². The van der Waals surface area contributed by atoms with Gasteiger partial charge in [0.1, 0.15) is 11.6 Å². The first kappa shape index (κ1) is 16.8. The number of hydrogen-bond acceptors (Lipinski definition) is 3. The number of amides is 1. The molecule has 1 amide bonds. The standard InChI is InChI=1S/C17H23N3O/c1-5-6-9-20(4)12-15(11-18)17(21)19-16-8-7-13(2)10-14(16)3/h7-8,10,12H,5-6,9H2,1-4H3,(H,19,21)/b15-12-. The van der Waals surface area contributed by atoms with E-state index in [2.05, 4.69) is 12.2 Å². The van der Waals surface area contributed by atoms with Gasteiger partial charge in [0.05, 0.1) is 0 Å². The molecule has 0 unspecified atom stereocenters. The lowest BCUT2D eigenvalue weighted by Crippen LogP contribution is -2.19. The van der Waals surface area contributed by atoms with Crippen LogP contribution in [0.15, 0.2) is 30.0 Å². The molecule has 112 valence electrons. The average molecular weight is 285 g/mol. The Kier molecular flexibility index (Phi) is 6.48. The van der Waals surface area contributed by atoms with Crippen molar-refractivity contribution >= 4 is 11.6 Å². The highest BCUT2D eigenvalue weighted by molar-refractivity contribution is 6.06. The zero-order chi connectivity index (χ0) is 15.8. The Bertz CT molecular complexity index is 570. The molecule has 0 aliphatic carbocycles. The van der Waals surface area contributed by atoms with Crippen molar-refractivity contribution in [2.45, 2.75) is 33.6 Å². The van der Waals surface area contributed by atoms with Crippen LogP contribution in [0.3, 0.4) is 0 Å². The fourth-order valence-corrected chi connectivity index (χ4v) is 1.97. The van der Waals surface area contributed by atoms with Crippen LogP contribution in [-0.4, -0.2) is 24.4 Å². The summed E-state index contributed by atoms with van der Waals surface area (Å²) < 4.78 is 0. The molecule has 0 bridgehead atoms. The summed E-state index contributed by atoms with van der Waals surface area (Å²) in [7, 11) is 1.87. The molecule has 0 aromatic heterocycles. The summed E-state index contributed by atoms with van der Waals surface area (Å²) in [5, 5.41) is 11.9. The fraction of sp³-hybridized carbons (Fsp3) is 0.412. The summed E-state index contributed by atoms with van der Waals surface area (Å²) in [5.41, 5.74) is 2.98. The monoisotopic (exact) mass is 285 g/mol. The third kappa shape index (κ3) is 5.31. The minimum Gasteiger partial charge on any atom is -0.379 e. The van der Waals surface area contributed by atoms with E-state index in [0.29, 0.717) is 0 Å². The van der Waals surface area contributed by atoms with Crippen LogP contribution in [0.25, 0.3) is 0 Å². The van der Waals surface area contributed by atoms with Crippen LogP contribution in [0.1, 0.15) is 30.9 Å². The van der Waals surface area contributed by atoms with Crippen molar-refractivity contribution in [1.82, 2.24) is 4.90 Å². The molecule has 4 nitrogen and oxygen atoms in total. The van der Waals surface area contributed by atoms with Crippen LogP contribution in [0.2, 0.25) is 0 Å². The highest BCUT2D eigenvalue weighted by Gasteiger charge is 2.11. The SMILES string of the molecule is CCCCN(C)/C=C(/C#N)C(=O)Nc1ccc(C)cc1C. The number of nitrogens with zero attached hydrogens (tertiary/aromatic N) is 2. The highest BCUT2D eigenvalue weighted by atomic mass is 16.1. The molecule has 1 N–H and O–H groups in total. The zero-order valence-electron chi connectivity index (χ0n) is 13.2. The van der Waals surface area contributed by atoms with Gasteiger partial charge < -0.3 is 10.2 Å². The van der Waals surface area contributed by atoms with Crippen LogP contribution in [-0.2, 0) is 4.79 Å². The van der Waals surface area contributed by atoms with Crippen molar-refractivity contribution < 1.29 is 4.79 Å². The lowest BCUT2D eigenvalue weighted by Gasteiger charge is -2.14. The summed E-state index contributed by atoms with van der Waals surface area (Å²) >= 11 is 0. The van der Waals surface area contributed by atoms with Gasteiger partial charge in [0, 0.05) is 25.5 Å². The predicted octanol–water partition coefficient (Wildman–Crippen LogP) is 3.38. The van der Waals surface area contributed by atoms with Crippen molar-refractivity contribution in [1.29, 1.82) is 5.26 Å². The fourth-order valence-electron chi connectivity index (χ4n) is 1.97. The number of unbranched alkanes of at least 4 members (excludes halogenated alkanes) is 1. The number of hydrogen-bond donors (Lipinski definition) is 1. The summed E-state index contributed by atoms with van der Waals surface area (Å²) in [6, 6.07) is 7.76. The number of rotatable bonds is 6. The maximum Gasteiger partial charge on any atom is 0.267 e. The summed E-state index contributed by atoms with van der Waals surface area (Å²) in [4.78, 5) is 14.0. The van der Waals surface area contributed by atoms with Crippen LogP contribution in [0.5, 0.6) is 0 Å². The largest absolute Gasteiger partial charge is 0.379 e. The second-order valence-corrected chi connectivity index (χ2v) is 5.26.